The summed E-state index contributed by atoms with van der Waals surface area (Å²) < 4.78 is 5.55. The van der Waals surface area contributed by atoms with Gasteiger partial charge in [-0.25, -0.2) is 0 Å². The fourth-order valence-corrected chi connectivity index (χ4v) is 2.42. The molecular weight excluding hydrogens is 260 g/mol. The van der Waals surface area contributed by atoms with Crippen molar-refractivity contribution >= 4 is 16.7 Å². The predicted octanol–water partition coefficient (Wildman–Crippen LogP) is 3.79. The highest BCUT2D eigenvalue weighted by Gasteiger charge is 2.04. The molecule has 0 fully saturated rings. The number of rotatable bonds is 5. The molecule has 3 rings (SSSR count). The van der Waals surface area contributed by atoms with Gasteiger partial charge in [0.1, 0.15) is 5.58 Å². The number of benzene rings is 2. The number of nitrogens with zero attached hydrogens (tertiary/aromatic N) is 1. The van der Waals surface area contributed by atoms with Crippen LogP contribution in [0.5, 0.6) is 0 Å². The monoisotopic (exact) mass is 280 g/mol. The van der Waals surface area contributed by atoms with Crippen LogP contribution >= 0.6 is 0 Å². The van der Waals surface area contributed by atoms with Gasteiger partial charge in [-0.3, -0.25) is 0 Å². The lowest BCUT2D eigenvalue weighted by molar-refractivity contribution is 0.602. The molecule has 3 aromatic rings. The minimum Gasteiger partial charge on any atom is -0.464 e. The van der Waals surface area contributed by atoms with Crippen LogP contribution in [0.4, 0.5) is 5.69 Å². The van der Waals surface area contributed by atoms with Crippen molar-refractivity contribution in [2.24, 2.45) is 0 Å². The van der Waals surface area contributed by atoms with Gasteiger partial charge in [-0.1, -0.05) is 30.3 Å². The first kappa shape index (κ1) is 13.7. The molecule has 0 bridgehead atoms. The number of para-hydroxylation sites is 1. The number of furan rings is 1. The van der Waals surface area contributed by atoms with E-state index in [1.165, 1.54) is 22.2 Å². The van der Waals surface area contributed by atoms with E-state index in [1.807, 2.05) is 24.5 Å². The highest BCUT2D eigenvalue weighted by Crippen LogP contribution is 2.20. The second kappa shape index (κ2) is 6.02. The second-order valence-electron chi connectivity index (χ2n) is 5.42. The molecule has 0 radical (unpaired) electrons. The minimum atomic E-state index is 0.812. The van der Waals surface area contributed by atoms with Gasteiger partial charge in [-0.2, -0.15) is 0 Å². The molecule has 0 amide bonds. The number of anilines is 1. The third kappa shape index (κ3) is 3.09. The van der Waals surface area contributed by atoms with Crippen LogP contribution in [0.1, 0.15) is 11.1 Å². The van der Waals surface area contributed by atoms with Crippen molar-refractivity contribution in [1.29, 1.82) is 0 Å². The Kier molecular flexibility index (Phi) is 3.93. The summed E-state index contributed by atoms with van der Waals surface area (Å²) in [6, 6.07) is 16.7. The van der Waals surface area contributed by atoms with Crippen molar-refractivity contribution in [3.63, 3.8) is 0 Å². The van der Waals surface area contributed by atoms with E-state index in [0.717, 1.165) is 18.7 Å². The zero-order valence-corrected chi connectivity index (χ0v) is 12.5. The Bertz CT molecular complexity index is 713. The highest BCUT2D eigenvalue weighted by molar-refractivity contribution is 5.80. The van der Waals surface area contributed by atoms with E-state index in [2.05, 4.69) is 54.6 Å². The van der Waals surface area contributed by atoms with E-state index in [0.29, 0.717) is 0 Å². The summed E-state index contributed by atoms with van der Waals surface area (Å²) in [5.41, 5.74) is 4.66. The lowest BCUT2D eigenvalue weighted by Crippen LogP contribution is -2.13. The van der Waals surface area contributed by atoms with E-state index < -0.39 is 0 Å². The van der Waals surface area contributed by atoms with Crippen LogP contribution in [0, 0.1) is 0 Å². The Morgan fingerprint density at radius 2 is 1.71 bits per heavy atom. The Morgan fingerprint density at radius 1 is 0.952 bits per heavy atom. The smallest absolute Gasteiger partial charge is 0.134 e. The van der Waals surface area contributed by atoms with Crippen LogP contribution < -0.4 is 10.2 Å². The molecule has 0 spiro atoms. The molecule has 1 heterocycles. The summed E-state index contributed by atoms with van der Waals surface area (Å²) in [5.74, 6) is 0. The van der Waals surface area contributed by atoms with Crippen molar-refractivity contribution < 1.29 is 4.42 Å². The molecule has 21 heavy (non-hydrogen) atoms. The van der Waals surface area contributed by atoms with Crippen LogP contribution in [0.15, 0.2) is 59.2 Å². The van der Waals surface area contributed by atoms with Gasteiger partial charge in [0.15, 0.2) is 0 Å². The molecular formula is C18H20N2O. The molecule has 108 valence electrons. The normalized spacial score (nSPS) is 11.0. The Labute approximate surface area is 125 Å². The quantitative estimate of drug-likeness (QED) is 0.771. The Hall–Kier alpha value is -2.26. The highest BCUT2D eigenvalue weighted by atomic mass is 16.3. The van der Waals surface area contributed by atoms with Crippen molar-refractivity contribution in [3.8, 4) is 0 Å². The maximum Gasteiger partial charge on any atom is 0.134 e. The first-order chi connectivity index (χ1) is 10.2. The SMILES string of the molecule is CN(C)c1ccc(CNCc2coc3ccccc23)cc1. The summed E-state index contributed by atoms with van der Waals surface area (Å²) in [4.78, 5) is 2.11. The molecule has 0 saturated carbocycles. The lowest BCUT2D eigenvalue weighted by atomic mass is 10.1. The largest absolute Gasteiger partial charge is 0.464 e. The van der Waals surface area contributed by atoms with Crippen LogP contribution in [0.2, 0.25) is 0 Å². The maximum atomic E-state index is 5.55. The summed E-state index contributed by atoms with van der Waals surface area (Å²) in [7, 11) is 4.11. The average Bonchev–Trinajstić information content (AvgIpc) is 2.91. The number of hydrogen-bond acceptors (Lipinski definition) is 3. The zero-order valence-electron chi connectivity index (χ0n) is 12.5. The molecule has 0 aliphatic heterocycles. The van der Waals surface area contributed by atoms with Gasteiger partial charge in [-0.05, 0) is 23.8 Å². The van der Waals surface area contributed by atoms with Crippen molar-refractivity contribution in [1.82, 2.24) is 5.32 Å². The molecule has 2 aromatic carbocycles. The molecule has 3 heteroatoms. The molecule has 1 aromatic heterocycles. The van der Waals surface area contributed by atoms with Gasteiger partial charge in [0.2, 0.25) is 0 Å². The fraction of sp³-hybridized carbons (Fsp3) is 0.222. The summed E-state index contributed by atoms with van der Waals surface area (Å²) in [6.07, 6.45) is 1.84. The lowest BCUT2D eigenvalue weighted by Gasteiger charge is -2.12. The summed E-state index contributed by atoms with van der Waals surface area (Å²) >= 11 is 0. The van der Waals surface area contributed by atoms with Crippen molar-refractivity contribution in [2.45, 2.75) is 13.1 Å². The van der Waals surface area contributed by atoms with Gasteiger partial charge in [-0.15, -0.1) is 0 Å². The van der Waals surface area contributed by atoms with Gasteiger partial charge in [0.25, 0.3) is 0 Å². The van der Waals surface area contributed by atoms with E-state index in [1.54, 1.807) is 0 Å². The molecule has 0 aliphatic carbocycles. The summed E-state index contributed by atoms with van der Waals surface area (Å²) in [6.45, 7) is 1.67. The third-order valence-electron chi connectivity index (χ3n) is 3.66. The molecule has 0 atom stereocenters. The van der Waals surface area contributed by atoms with Crippen molar-refractivity contribution in [3.05, 3.63) is 65.9 Å². The van der Waals surface area contributed by atoms with Gasteiger partial charge >= 0.3 is 0 Å². The summed E-state index contributed by atoms with van der Waals surface area (Å²) in [5, 5.41) is 4.66. The van der Waals surface area contributed by atoms with Crippen LogP contribution in [-0.4, -0.2) is 14.1 Å². The topological polar surface area (TPSA) is 28.4 Å². The van der Waals surface area contributed by atoms with E-state index in [4.69, 9.17) is 4.42 Å². The standard InChI is InChI=1S/C18H20N2O/c1-20(2)16-9-7-14(8-10-16)11-19-12-15-13-21-18-6-4-3-5-17(15)18/h3-10,13,19H,11-12H2,1-2H3. The van der Waals surface area contributed by atoms with Crippen LogP contribution in [0.25, 0.3) is 11.0 Å². The molecule has 0 saturated heterocycles. The number of nitrogens with one attached hydrogen (secondary N) is 1. The Balaban J connectivity index is 1.61. The minimum absolute atomic E-state index is 0.812. The third-order valence-corrected chi connectivity index (χ3v) is 3.66. The Morgan fingerprint density at radius 3 is 2.48 bits per heavy atom. The van der Waals surface area contributed by atoms with Crippen LogP contribution in [0.3, 0.4) is 0 Å². The predicted molar refractivity (Wildman–Crippen MR) is 87.5 cm³/mol. The molecule has 3 nitrogen and oxygen atoms in total. The zero-order chi connectivity index (χ0) is 14.7. The second-order valence-corrected chi connectivity index (χ2v) is 5.42. The first-order valence-electron chi connectivity index (χ1n) is 7.16. The van der Waals surface area contributed by atoms with E-state index in [9.17, 15) is 0 Å². The average molecular weight is 280 g/mol. The van der Waals surface area contributed by atoms with E-state index in [-0.39, 0.29) is 0 Å². The van der Waals surface area contributed by atoms with Gasteiger partial charge in [0, 0.05) is 43.8 Å². The maximum absolute atomic E-state index is 5.55. The number of hydrogen-bond donors (Lipinski definition) is 1. The van der Waals surface area contributed by atoms with E-state index >= 15 is 0 Å². The fourth-order valence-electron chi connectivity index (χ4n) is 2.42. The molecule has 1 N–H and O–H groups in total. The molecule has 0 aliphatic rings. The first-order valence-corrected chi connectivity index (χ1v) is 7.16. The van der Waals surface area contributed by atoms with Gasteiger partial charge < -0.3 is 14.6 Å². The molecule has 0 unspecified atom stereocenters. The van der Waals surface area contributed by atoms with Crippen molar-refractivity contribution in [2.75, 3.05) is 19.0 Å². The number of fused-ring (bicyclic) bond motifs is 1. The van der Waals surface area contributed by atoms with Crippen LogP contribution in [-0.2, 0) is 13.1 Å². The van der Waals surface area contributed by atoms with Gasteiger partial charge in [0.05, 0.1) is 6.26 Å².